The van der Waals surface area contributed by atoms with Crippen LogP contribution in [0.15, 0.2) is 0 Å². The van der Waals surface area contributed by atoms with Gasteiger partial charge in [0.1, 0.15) is 0 Å². The number of alkyl halides is 3. The molecule has 9 heteroatoms. The molecule has 1 fully saturated rings. The molecule has 2 N–H and O–H groups in total. The highest BCUT2D eigenvalue weighted by Crippen LogP contribution is 2.34. The van der Waals surface area contributed by atoms with Crippen LogP contribution in [-0.4, -0.2) is 53.9 Å². The van der Waals surface area contributed by atoms with E-state index in [0.717, 1.165) is 19.5 Å². The molecule has 0 aromatic carbocycles. The van der Waals surface area contributed by atoms with Crippen molar-refractivity contribution >= 4 is 16.5 Å². The summed E-state index contributed by atoms with van der Waals surface area (Å²) in [5, 5.41) is 6.32. The van der Waals surface area contributed by atoms with Crippen LogP contribution in [0.1, 0.15) is 18.4 Å². The predicted molar refractivity (Wildman–Crippen MR) is 71.8 cm³/mol. The fourth-order valence-electron chi connectivity index (χ4n) is 2.31. The molecule has 1 atom stereocenters. The van der Waals surface area contributed by atoms with Crippen LogP contribution in [-0.2, 0) is 6.18 Å². The summed E-state index contributed by atoms with van der Waals surface area (Å²) >= 11 is 0.603. The normalized spacial score (nSPS) is 19.4. The van der Waals surface area contributed by atoms with Gasteiger partial charge in [-0.25, -0.2) is 0 Å². The molecule has 1 unspecified atom stereocenters. The molecule has 2 rings (SSSR count). The van der Waals surface area contributed by atoms with Crippen molar-refractivity contribution in [1.82, 2.24) is 15.1 Å². The largest absolute Gasteiger partial charge is 0.445 e. The van der Waals surface area contributed by atoms with Crippen molar-refractivity contribution < 1.29 is 13.2 Å². The summed E-state index contributed by atoms with van der Waals surface area (Å²) < 4.78 is 37.5. The average molecular weight is 309 g/mol. The van der Waals surface area contributed by atoms with Gasteiger partial charge in [0.25, 0.3) is 0 Å². The maximum absolute atomic E-state index is 12.5. The van der Waals surface area contributed by atoms with Crippen molar-refractivity contribution in [3.63, 3.8) is 0 Å². The van der Waals surface area contributed by atoms with Crippen LogP contribution in [0.2, 0.25) is 0 Å². The van der Waals surface area contributed by atoms with Crippen LogP contribution >= 0.6 is 11.3 Å². The molecule has 0 bridgehead atoms. The number of nitrogens with two attached hydrogens (primary N) is 1. The molecule has 1 aromatic rings. The van der Waals surface area contributed by atoms with Crippen LogP contribution in [0.3, 0.4) is 0 Å². The summed E-state index contributed by atoms with van der Waals surface area (Å²) in [6.07, 6.45) is -3.43. The second-order valence-corrected chi connectivity index (χ2v) is 5.66. The number of piperazine rings is 1. The average Bonchev–Trinajstić information content (AvgIpc) is 2.90. The fraction of sp³-hybridized carbons (Fsp3) is 0.818. The summed E-state index contributed by atoms with van der Waals surface area (Å²) in [4.78, 5) is 4.13. The zero-order chi connectivity index (χ0) is 14.8. The number of anilines is 1. The first-order valence-corrected chi connectivity index (χ1v) is 7.37. The van der Waals surface area contributed by atoms with E-state index in [0.29, 0.717) is 42.1 Å². The van der Waals surface area contributed by atoms with E-state index >= 15 is 0 Å². The highest BCUT2D eigenvalue weighted by Gasteiger charge is 2.36. The Morgan fingerprint density at radius 2 is 1.90 bits per heavy atom. The molecule has 20 heavy (non-hydrogen) atoms. The molecule has 5 nitrogen and oxygen atoms in total. The number of nitrogens with zero attached hydrogens (tertiary/aromatic N) is 4. The van der Waals surface area contributed by atoms with Gasteiger partial charge in [-0.3, -0.25) is 4.90 Å². The van der Waals surface area contributed by atoms with Crippen LogP contribution in [0, 0.1) is 0 Å². The molecule has 0 aliphatic carbocycles. The zero-order valence-electron chi connectivity index (χ0n) is 11.2. The van der Waals surface area contributed by atoms with Gasteiger partial charge in [0.15, 0.2) is 0 Å². The number of hydrogen-bond donors (Lipinski definition) is 1. The van der Waals surface area contributed by atoms with Gasteiger partial charge in [-0.1, -0.05) is 18.3 Å². The van der Waals surface area contributed by atoms with Gasteiger partial charge in [-0.2, -0.15) is 13.2 Å². The van der Waals surface area contributed by atoms with Crippen molar-refractivity contribution in [3.8, 4) is 0 Å². The number of hydrogen-bond acceptors (Lipinski definition) is 6. The Morgan fingerprint density at radius 3 is 2.35 bits per heavy atom. The Labute approximate surface area is 119 Å². The lowest BCUT2D eigenvalue weighted by molar-refractivity contribution is -0.138. The van der Waals surface area contributed by atoms with Crippen LogP contribution in [0.5, 0.6) is 0 Å². The minimum atomic E-state index is -4.41. The van der Waals surface area contributed by atoms with E-state index in [1.54, 1.807) is 0 Å². The van der Waals surface area contributed by atoms with E-state index in [-0.39, 0.29) is 0 Å². The van der Waals surface area contributed by atoms with Crippen molar-refractivity contribution in [2.45, 2.75) is 25.6 Å². The second kappa shape index (κ2) is 6.23. The lowest BCUT2D eigenvalue weighted by atomic mass is 10.1. The third-order valence-corrected chi connectivity index (χ3v) is 4.53. The van der Waals surface area contributed by atoms with Crippen molar-refractivity contribution in [1.29, 1.82) is 0 Å². The van der Waals surface area contributed by atoms with E-state index in [4.69, 9.17) is 5.73 Å². The maximum atomic E-state index is 12.5. The lowest BCUT2D eigenvalue weighted by Gasteiger charge is -2.38. The van der Waals surface area contributed by atoms with Gasteiger partial charge in [0, 0.05) is 38.8 Å². The standard InChI is InChI=1S/C11H18F3N5S/c1-2-8(7-15)18-3-5-19(6-4-18)10-17-16-9(20-10)11(12,13)14/h8H,2-7,15H2,1H3. The number of rotatable bonds is 4. The monoisotopic (exact) mass is 309 g/mol. The van der Waals surface area contributed by atoms with Crippen molar-refractivity contribution in [2.24, 2.45) is 5.73 Å². The highest BCUT2D eigenvalue weighted by molar-refractivity contribution is 7.15. The molecule has 2 heterocycles. The Kier molecular flexibility index (Phi) is 4.82. The number of halogens is 3. The van der Waals surface area contributed by atoms with Gasteiger partial charge in [0.2, 0.25) is 10.1 Å². The summed E-state index contributed by atoms with van der Waals surface area (Å²) in [5.41, 5.74) is 5.71. The Bertz CT molecular complexity index is 424. The molecular weight excluding hydrogens is 291 g/mol. The van der Waals surface area contributed by atoms with Gasteiger partial charge >= 0.3 is 6.18 Å². The molecule has 0 amide bonds. The SMILES string of the molecule is CCC(CN)N1CCN(c2nnc(C(F)(F)F)s2)CC1. The number of aromatic nitrogens is 2. The molecule has 0 spiro atoms. The minimum absolute atomic E-state index is 0.345. The van der Waals surface area contributed by atoms with E-state index in [2.05, 4.69) is 22.0 Å². The molecule has 1 saturated heterocycles. The summed E-state index contributed by atoms with van der Waals surface area (Å²) in [6, 6.07) is 0.345. The quantitative estimate of drug-likeness (QED) is 0.911. The van der Waals surface area contributed by atoms with Crippen LogP contribution in [0.25, 0.3) is 0 Å². The smallest absolute Gasteiger partial charge is 0.344 e. The first-order valence-electron chi connectivity index (χ1n) is 6.55. The summed E-state index contributed by atoms with van der Waals surface area (Å²) in [7, 11) is 0. The van der Waals surface area contributed by atoms with E-state index in [1.165, 1.54) is 0 Å². The topological polar surface area (TPSA) is 58.3 Å². The van der Waals surface area contributed by atoms with Gasteiger partial charge in [-0.05, 0) is 6.42 Å². The van der Waals surface area contributed by atoms with Crippen molar-refractivity contribution in [2.75, 3.05) is 37.6 Å². The van der Waals surface area contributed by atoms with E-state index in [9.17, 15) is 13.2 Å². The molecule has 0 radical (unpaired) electrons. The third kappa shape index (κ3) is 3.39. The van der Waals surface area contributed by atoms with Crippen molar-refractivity contribution in [3.05, 3.63) is 5.01 Å². The molecule has 114 valence electrons. The van der Waals surface area contributed by atoms with E-state index < -0.39 is 11.2 Å². The van der Waals surface area contributed by atoms with Gasteiger partial charge in [-0.15, -0.1) is 10.2 Å². The first kappa shape index (κ1) is 15.5. The lowest BCUT2D eigenvalue weighted by Crippen LogP contribution is -2.52. The van der Waals surface area contributed by atoms with Gasteiger partial charge < -0.3 is 10.6 Å². The van der Waals surface area contributed by atoms with Crippen LogP contribution < -0.4 is 10.6 Å². The molecule has 0 saturated carbocycles. The van der Waals surface area contributed by atoms with Gasteiger partial charge in [0.05, 0.1) is 0 Å². The maximum Gasteiger partial charge on any atom is 0.445 e. The molecule has 1 aromatic heterocycles. The Hall–Kier alpha value is -0.930. The summed E-state index contributed by atoms with van der Waals surface area (Å²) in [6.45, 7) is 5.58. The summed E-state index contributed by atoms with van der Waals surface area (Å²) in [5.74, 6) is 0. The fourth-order valence-corrected chi connectivity index (χ4v) is 3.07. The highest BCUT2D eigenvalue weighted by atomic mass is 32.1. The zero-order valence-corrected chi connectivity index (χ0v) is 12.0. The second-order valence-electron chi connectivity index (χ2n) is 4.71. The van der Waals surface area contributed by atoms with E-state index in [1.807, 2.05) is 4.90 Å². The third-order valence-electron chi connectivity index (χ3n) is 3.50. The Balaban J connectivity index is 1.95. The first-order chi connectivity index (χ1) is 9.45. The molecule has 1 aliphatic rings. The minimum Gasteiger partial charge on any atom is -0.344 e. The predicted octanol–water partition coefficient (Wildman–Crippen LogP) is 1.42. The Morgan fingerprint density at radius 1 is 1.25 bits per heavy atom. The molecular formula is C11H18F3N5S. The van der Waals surface area contributed by atoms with Crippen LogP contribution in [0.4, 0.5) is 18.3 Å². The molecule has 1 aliphatic heterocycles.